The molecule has 0 saturated carbocycles. The molecule has 172 valence electrons. The smallest absolute Gasteiger partial charge is 0.303 e. The van der Waals surface area contributed by atoms with Crippen LogP contribution in [0.15, 0.2) is 78.9 Å². The van der Waals surface area contributed by atoms with Crippen molar-refractivity contribution < 1.29 is 9.90 Å². The summed E-state index contributed by atoms with van der Waals surface area (Å²) in [5.41, 5.74) is 8.20. The van der Waals surface area contributed by atoms with Crippen molar-refractivity contribution in [3.8, 4) is 16.8 Å². The van der Waals surface area contributed by atoms with Crippen LogP contribution in [0.3, 0.4) is 0 Å². The molecule has 1 N–H and O–H groups in total. The third-order valence-corrected chi connectivity index (χ3v) is 5.63. The first kappa shape index (κ1) is 24.3. The second kappa shape index (κ2) is 10.5. The maximum atomic E-state index is 11.1. The van der Waals surface area contributed by atoms with Crippen molar-refractivity contribution in [2.45, 2.75) is 53.9 Å². The zero-order valence-corrected chi connectivity index (χ0v) is 20.4. The van der Waals surface area contributed by atoms with Crippen molar-refractivity contribution in [2.24, 2.45) is 5.41 Å². The van der Waals surface area contributed by atoms with Crippen LogP contribution in [0.1, 0.15) is 58.0 Å². The fourth-order valence-corrected chi connectivity index (χ4v) is 4.21. The topological polar surface area (TPSA) is 42.2 Å². The van der Waals surface area contributed by atoms with Crippen LogP contribution in [0.4, 0.5) is 0 Å². The summed E-state index contributed by atoms with van der Waals surface area (Å²) in [6.45, 7) is 10.9. The van der Waals surface area contributed by atoms with Crippen molar-refractivity contribution in [1.82, 2.24) is 4.57 Å². The maximum Gasteiger partial charge on any atom is 0.303 e. The summed E-state index contributed by atoms with van der Waals surface area (Å²) >= 11 is 0. The lowest BCUT2D eigenvalue weighted by Crippen LogP contribution is -2.15. The molecule has 2 aromatic carbocycles. The Balaban J connectivity index is 2.31. The molecule has 0 spiro atoms. The summed E-state index contributed by atoms with van der Waals surface area (Å²) in [6, 6.07) is 21.2. The van der Waals surface area contributed by atoms with Crippen molar-refractivity contribution in [1.29, 1.82) is 0 Å². The molecule has 0 radical (unpaired) electrons. The van der Waals surface area contributed by atoms with E-state index in [-0.39, 0.29) is 11.8 Å². The van der Waals surface area contributed by atoms with Crippen molar-refractivity contribution in [2.75, 3.05) is 0 Å². The number of benzene rings is 2. The summed E-state index contributed by atoms with van der Waals surface area (Å²) < 4.78 is 2.37. The predicted octanol–water partition coefficient (Wildman–Crippen LogP) is 7.73. The zero-order chi connectivity index (χ0) is 24.0. The Morgan fingerprint density at radius 3 is 2.33 bits per heavy atom. The van der Waals surface area contributed by atoms with E-state index in [9.17, 15) is 4.79 Å². The predicted molar refractivity (Wildman–Crippen MR) is 139 cm³/mol. The Kier molecular flexibility index (Phi) is 7.75. The van der Waals surface area contributed by atoms with Crippen LogP contribution in [-0.2, 0) is 17.6 Å². The summed E-state index contributed by atoms with van der Waals surface area (Å²) in [6.07, 6.45) is 7.92. The fourth-order valence-electron chi connectivity index (χ4n) is 4.21. The van der Waals surface area contributed by atoms with Gasteiger partial charge in [-0.25, -0.2) is 0 Å². The van der Waals surface area contributed by atoms with Gasteiger partial charge in [0.15, 0.2) is 0 Å². The lowest BCUT2D eigenvalue weighted by atomic mass is 9.88. The van der Waals surface area contributed by atoms with Gasteiger partial charge in [0.05, 0.1) is 5.69 Å². The minimum Gasteiger partial charge on any atom is -0.481 e. The molecule has 0 aliphatic rings. The van der Waals surface area contributed by atoms with E-state index in [1.165, 1.54) is 16.8 Å². The molecule has 0 aliphatic carbocycles. The number of carboxylic acid groups (broad SMARTS) is 1. The number of aromatic nitrogens is 1. The van der Waals surface area contributed by atoms with Gasteiger partial charge in [0, 0.05) is 23.4 Å². The molecule has 3 nitrogen and oxygen atoms in total. The lowest BCUT2D eigenvalue weighted by Gasteiger charge is -2.23. The van der Waals surface area contributed by atoms with Gasteiger partial charge in [-0.2, -0.15) is 0 Å². The molecule has 1 aromatic heterocycles. The monoisotopic (exact) mass is 441 g/mol. The van der Waals surface area contributed by atoms with Crippen LogP contribution >= 0.6 is 0 Å². The van der Waals surface area contributed by atoms with Crippen LogP contribution in [0, 0.1) is 5.41 Å². The van der Waals surface area contributed by atoms with Gasteiger partial charge in [0.1, 0.15) is 0 Å². The molecule has 33 heavy (non-hydrogen) atoms. The summed E-state index contributed by atoms with van der Waals surface area (Å²) in [4.78, 5) is 11.1. The Hall–Kier alpha value is -3.33. The van der Waals surface area contributed by atoms with Gasteiger partial charge in [-0.15, -0.1) is 0 Å². The number of nitrogens with zero attached hydrogens (tertiary/aromatic N) is 1. The number of aryl methyl sites for hydroxylation is 1. The number of rotatable bonds is 8. The number of allylic oxidation sites excluding steroid dienone is 4. The summed E-state index contributed by atoms with van der Waals surface area (Å²) in [5.74, 6) is -0.772. The molecule has 0 atom stereocenters. The van der Waals surface area contributed by atoms with E-state index < -0.39 is 5.97 Å². The van der Waals surface area contributed by atoms with Gasteiger partial charge >= 0.3 is 5.97 Å². The van der Waals surface area contributed by atoms with Crippen LogP contribution in [0.2, 0.25) is 0 Å². The molecule has 0 saturated heterocycles. The van der Waals surface area contributed by atoms with Gasteiger partial charge in [-0.3, -0.25) is 4.79 Å². The molecule has 0 bridgehead atoms. The minimum absolute atomic E-state index is 0.0918. The van der Waals surface area contributed by atoms with E-state index in [0.717, 1.165) is 28.9 Å². The third-order valence-electron chi connectivity index (χ3n) is 5.63. The largest absolute Gasteiger partial charge is 0.481 e. The Bertz CT molecular complexity index is 1160. The highest BCUT2D eigenvalue weighted by Crippen LogP contribution is 2.37. The first-order chi connectivity index (χ1) is 15.7. The highest BCUT2D eigenvalue weighted by Gasteiger charge is 2.23. The quantitative estimate of drug-likeness (QED) is 0.363. The molecule has 0 fully saturated rings. The van der Waals surface area contributed by atoms with E-state index in [1.54, 1.807) is 0 Å². The third kappa shape index (κ3) is 6.13. The molecule has 1 heterocycles. The van der Waals surface area contributed by atoms with E-state index in [1.807, 2.05) is 25.1 Å². The normalized spacial score (nSPS) is 12.5. The van der Waals surface area contributed by atoms with Gasteiger partial charge in [-0.1, -0.05) is 81.5 Å². The molecular weight excluding hydrogens is 406 g/mol. The first-order valence-corrected chi connectivity index (χ1v) is 11.6. The van der Waals surface area contributed by atoms with Crippen LogP contribution in [0.5, 0.6) is 0 Å². The number of carboxylic acids is 1. The molecule has 3 heteroatoms. The SMILES string of the molecule is C/C=C\C(=C/C)c1cc(-c2ccccc2)c(CC(C)(C)C)n1-c1cccc(CCC(=O)O)c1. The second-order valence-electron chi connectivity index (χ2n) is 9.64. The minimum atomic E-state index is -0.772. The Morgan fingerprint density at radius 2 is 1.73 bits per heavy atom. The highest BCUT2D eigenvalue weighted by atomic mass is 16.4. The highest BCUT2D eigenvalue weighted by molar-refractivity contribution is 5.80. The average molecular weight is 442 g/mol. The summed E-state index contributed by atoms with van der Waals surface area (Å²) in [5, 5.41) is 9.15. The fraction of sp³-hybridized carbons (Fsp3) is 0.300. The van der Waals surface area contributed by atoms with E-state index in [2.05, 4.69) is 93.0 Å². The second-order valence-corrected chi connectivity index (χ2v) is 9.64. The number of hydrogen-bond acceptors (Lipinski definition) is 1. The van der Waals surface area contributed by atoms with Gasteiger partial charge in [0.2, 0.25) is 0 Å². The number of aliphatic carboxylic acids is 1. The van der Waals surface area contributed by atoms with E-state index in [4.69, 9.17) is 5.11 Å². The number of carbonyl (C=O) groups is 1. The Morgan fingerprint density at radius 1 is 1.00 bits per heavy atom. The summed E-state index contributed by atoms with van der Waals surface area (Å²) in [7, 11) is 0. The molecule has 0 amide bonds. The maximum absolute atomic E-state index is 11.1. The molecular formula is C30H35NO2. The lowest BCUT2D eigenvalue weighted by molar-refractivity contribution is -0.136. The van der Waals surface area contributed by atoms with Crippen LogP contribution in [0.25, 0.3) is 22.4 Å². The van der Waals surface area contributed by atoms with Gasteiger partial charge < -0.3 is 9.67 Å². The zero-order valence-electron chi connectivity index (χ0n) is 20.4. The van der Waals surface area contributed by atoms with Crippen molar-refractivity contribution in [3.05, 3.63) is 95.8 Å². The van der Waals surface area contributed by atoms with E-state index >= 15 is 0 Å². The molecule has 0 aliphatic heterocycles. The standard InChI is InChI=1S/C30H35NO2/c1-6-12-23(7-2)27-20-26(24-14-9-8-10-15-24)28(21-30(3,4)5)31(27)25-16-11-13-22(19-25)17-18-29(32)33/h6-16,19-20H,17-18,21H2,1-5H3,(H,32,33)/b12-6-,23-7+. The van der Waals surface area contributed by atoms with Crippen LogP contribution < -0.4 is 0 Å². The van der Waals surface area contributed by atoms with Crippen molar-refractivity contribution in [3.63, 3.8) is 0 Å². The van der Waals surface area contributed by atoms with Crippen LogP contribution in [-0.4, -0.2) is 15.6 Å². The molecule has 3 aromatic rings. The Labute approximate surface area is 198 Å². The number of hydrogen-bond donors (Lipinski definition) is 1. The van der Waals surface area contributed by atoms with Gasteiger partial charge in [-0.05, 0) is 67.0 Å². The molecule has 3 rings (SSSR count). The van der Waals surface area contributed by atoms with E-state index in [0.29, 0.717) is 6.42 Å². The average Bonchev–Trinajstić information content (AvgIpc) is 3.14. The van der Waals surface area contributed by atoms with Crippen molar-refractivity contribution >= 4 is 11.5 Å². The molecule has 0 unspecified atom stereocenters. The first-order valence-electron chi connectivity index (χ1n) is 11.6. The van der Waals surface area contributed by atoms with Gasteiger partial charge in [0.25, 0.3) is 0 Å².